The first-order valence-electron chi connectivity index (χ1n) is 20.8. The number of carbonyl (C=O) groups excluding carboxylic acids is 3. The van der Waals surface area contributed by atoms with Crippen LogP contribution in [-0.2, 0) is 57.8 Å². The number of anilines is 2. The summed E-state index contributed by atoms with van der Waals surface area (Å²) in [4.78, 5) is 97.4. The highest BCUT2D eigenvalue weighted by molar-refractivity contribution is 7.47. The lowest BCUT2D eigenvalue weighted by molar-refractivity contribution is -0.159. The lowest BCUT2D eigenvalue weighted by Gasteiger charge is -2.26. The number of hydrogen-bond acceptors (Lipinski definition) is 21. The number of benzene rings is 1. The minimum Gasteiger partial charge on any atom is -0.455 e. The van der Waals surface area contributed by atoms with E-state index in [9.17, 15) is 48.1 Å². The number of amides is 2. The second-order valence-electron chi connectivity index (χ2n) is 16.3. The number of aliphatic hydroxyl groups excluding tert-OH is 1. The van der Waals surface area contributed by atoms with Gasteiger partial charge in [-0.2, -0.15) is 4.98 Å². The van der Waals surface area contributed by atoms with E-state index in [1.54, 1.807) is 45.0 Å². The van der Waals surface area contributed by atoms with Crippen molar-refractivity contribution in [3.05, 3.63) is 71.3 Å². The highest BCUT2D eigenvalue weighted by Crippen LogP contribution is 2.50. The number of aromatic nitrogens is 6. The van der Waals surface area contributed by atoms with Gasteiger partial charge in [-0.1, -0.05) is 30.3 Å². The van der Waals surface area contributed by atoms with Crippen molar-refractivity contribution in [2.75, 3.05) is 31.2 Å². The van der Waals surface area contributed by atoms with Crippen LogP contribution in [0.1, 0.15) is 64.5 Å². The summed E-state index contributed by atoms with van der Waals surface area (Å²) in [5, 5.41) is 16.8. The number of nitrogen functional groups attached to an aromatic ring is 2. The molecule has 2 unspecified atom stereocenters. The third-order valence-electron chi connectivity index (χ3n) is 10.0. The number of aliphatic hydroxyl groups is 1. The highest BCUT2D eigenvalue weighted by atomic mass is 31.2. The lowest BCUT2D eigenvalue weighted by atomic mass is 10.1. The fourth-order valence-corrected chi connectivity index (χ4v) is 8.26. The quantitative estimate of drug-likeness (QED) is 0.0268. The molecular weight excluding hydrogens is 946 g/mol. The molecule has 2 aliphatic rings. The maximum absolute atomic E-state index is 14.0. The van der Waals surface area contributed by atoms with Gasteiger partial charge in [0.05, 0.1) is 19.5 Å². The van der Waals surface area contributed by atoms with Gasteiger partial charge in [-0.25, -0.2) is 43.3 Å². The third kappa shape index (κ3) is 14.4. The Labute approximate surface area is 386 Å². The van der Waals surface area contributed by atoms with Crippen molar-refractivity contribution >= 4 is 56.6 Å². The number of phosphoric ester groups is 2. The molecule has 10 N–H and O–H groups in total. The van der Waals surface area contributed by atoms with Crippen LogP contribution in [0.4, 0.5) is 21.2 Å². The first-order valence-corrected chi connectivity index (χ1v) is 23.9. The van der Waals surface area contributed by atoms with Gasteiger partial charge in [0.25, 0.3) is 0 Å². The summed E-state index contributed by atoms with van der Waals surface area (Å²) in [5.41, 5.74) is 10.7. The van der Waals surface area contributed by atoms with E-state index in [2.05, 4.69) is 35.1 Å². The first kappa shape index (κ1) is 51.7. The zero-order valence-corrected chi connectivity index (χ0v) is 38.5. The number of hydrogen-bond donors (Lipinski definition) is 8. The van der Waals surface area contributed by atoms with Crippen LogP contribution in [0.15, 0.2) is 60.0 Å². The largest absolute Gasteiger partial charge is 0.472 e. The maximum atomic E-state index is 14.0. The van der Waals surface area contributed by atoms with E-state index in [4.69, 9.17) is 44.2 Å². The van der Waals surface area contributed by atoms with Gasteiger partial charge in [-0.15, -0.1) is 0 Å². The van der Waals surface area contributed by atoms with E-state index in [1.807, 2.05) is 6.07 Å². The van der Waals surface area contributed by atoms with Crippen LogP contribution in [0, 0.1) is 0 Å². The molecule has 0 saturated carbocycles. The van der Waals surface area contributed by atoms with Crippen molar-refractivity contribution in [3.63, 3.8) is 0 Å². The molecule has 4 aromatic rings. The number of nitrogens with two attached hydrogens (primary N) is 2. The zero-order valence-electron chi connectivity index (χ0n) is 36.7. The van der Waals surface area contributed by atoms with Gasteiger partial charge in [0.1, 0.15) is 66.6 Å². The number of alkyl carbamates (subject to hydrolysis) is 2. The number of imidazole rings is 1. The van der Waals surface area contributed by atoms with E-state index < -0.39 is 107 Å². The number of nitrogens with zero attached hydrogens (tertiary/aromatic N) is 6. The molecule has 2 saturated heterocycles. The molecule has 2 fully saturated rings. The number of phosphoric acid groups is 2. The van der Waals surface area contributed by atoms with Gasteiger partial charge in [0.15, 0.2) is 23.8 Å². The highest BCUT2D eigenvalue weighted by Gasteiger charge is 2.50. The molecule has 5 heterocycles. The van der Waals surface area contributed by atoms with Gasteiger partial charge < -0.3 is 65.6 Å². The molecule has 0 spiro atoms. The van der Waals surface area contributed by atoms with Gasteiger partial charge in [0, 0.05) is 19.2 Å². The molecule has 30 heteroatoms. The second kappa shape index (κ2) is 22.2. The normalized spacial score (nSPS) is 23.1. The molecular formula is C38H52N10O18P2. The number of ether oxygens (including phenoxy) is 5. The molecule has 2 aliphatic heterocycles. The Balaban J connectivity index is 1.17. The number of nitrogens with one attached hydrogen (secondary N) is 2. The van der Waals surface area contributed by atoms with E-state index >= 15 is 0 Å². The standard InChI is InChI=1S/C38H52N10O18P2/c1-38(2,3)65-37(53)45-22(11-7-8-13-41-36(52)59-16-21-9-5-4-6-10-21)34(50)64-30-25(63-33(29(30)49)48-20-44-28-31(40)42-19-43-32(28)48)18-61-68(57,58)66-23-15-27(47-14-12-26(39)46-35(47)51)62-24(23)17-60-67(54,55)56/h4-6,9-10,12,14,19-20,22-25,27,29-30,33,49H,7-8,11,13,15-18H2,1-3H3,(H,41,52)(H,45,53)(H,57,58)(H2,39,46,51)(H2,40,42,43)(H2,54,55,56)/t22?,23-,24-,25+,27+,29+,30+,33+/m0/s1. The monoisotopic (exact) mass is 998 g/mol. The zero-order chi connectivity index (χ0) is 49.4. The summed E-state index contributed by atoms with van der Waals surface area (Å²) in [6, 6.07) is 8.88. The van der Waals surface area contributed by atoms with Crippen molar-refractivity contribution in [1.82, 2.24) is 39.7 Å². The smallest absolute Gasteiger partial charge is 0.455 e. The molecule has 372 valence electrons. The average Bonchev–Trinajstić information content (AvgIpc) is 3.95. The number of esters is 1. The van der Waals surface area contributed by atoms with Crippen LogP contribution < -0.4 is 27.8 Å². The number of fused-ring (bicyclic) bond motifs is 1. The van der Waals surface area contributed by atoms with Crippen LogP contribution in [0.25, 0.3) is 11.2 Å². The van der Waals surface area contributed by atoms with E-state index in [-0.39, 0.29) is 55.2 Å². The van der Waals surface area contributed by atoms with Crippen molar-refractivity contribution in [3.8, 4) is 0 Å². The van der Waals surface area contributed by atoms with Crippen molar-refractivity contribution in [2.45, 2.75) is 108 Å². The fourth-order valence-electron chi connectivity index (χ4n) is 6.96. The summed E-state index contributed by atoms with van der Waals surface area (Å²) < 4.78 is 70.9. The van der Waals surface area contributed by atoms with Crippen LogP contribution in [0.2, 0.25) is 0 Å². The molecule has 1 aromatic carbocycles. The molecule has 28 nitrogen and oxygen atoms in total. The molecule has 0 radical (unpaired) electrons. The summed E-state index contributed by atoms with van der Waals surface area (Å²) in [6.07, 6.45) is -8.74. The Kier molecular flexibility index (Phi) is 16.9. The summed E-state index contributed by atoms with van der Waals surface area (Å²) in [7, 11) is -10.4. The van der Waals surface area contributed by atoms with Gasteiger partial charge in [-0.3, -0.25) is 22.7 Å². The molecule has 2 amide bonds. The fraction of sp³-hybridized carbons (Fsp3) is 0.526. The van der Waals surface area contributed by atoms with Gasteiger partial charge in [0.2, 0.25) is 0 Å². The van der Waals surface area contributed by atoms with Crippen molar-refractivity contribution < 1.29 is 80.6 Å². The Morgan fingerprint density at radius 3 is 2.40 bits per heavy atom. The molecule has 6 rings (SSSR count). The van der Waals surface area contributed by atoms with Gasteiger partial charge in [-0.05, 0) is 51.7 Å². The van der Waals surface area contributed by atoms with Crippen molar-refractivity contribution in [2.24, 2.45) is 0 Å². The Bertz CT molecular complexity index is 2540. The Hall–Kier alpha value is -5.64. The molecule has 3 aromatic heterocycles. The van der Waals surface area contributed by atoms with E-state index in [1.165, 1.54) is 23.2 Å². The molecule has 9 atom stereocenters. The number of unbranched alkanes of at least 4 members (excludes halogenated alkanes) is 1. The van der Waals surface area contributed by atoms with Crippen molar-refractivity contribution in [1.29, 1.82) is 0 Å². The summed E-state index contributed by atoms with van der Waals surface area (Å²) in [5.74, 6) is -1.23. The van der Waals surface area contributed by atoms with Crippen LogP contribution in [0.5, 0.6) is 0 Å². The molecule has 0 aliphatic carbocycles. The summed E-state index contributed by atoms with van der Waals surface area (Å²) in [6.45, 7) is 3.20. The Morgan fingerprint density at radius 1 is 0.956 bits per heavy atom. The van der Waals surface area contributed by atoms with Crippen LogP contribution in [-0.4, -0.2) is 129 Å². The predicted octanol–water partition coefficient (Wildman–Crippen LogP) is 1.31. The minimum atomic E-state index is -5.27. The van der Waals surface area contributed by atoms with Gasteiger partial charge >= 0.3 is 39.5 Å². The third-order valence-corrected chi connectivity index (χ3v) is 11.5. The maximum Gasteiger partial charge on any atom is 0.472 e. The Morgan fingerprint density at radius 2 is 1.69 bits per heavy atom. The van der Waals surface area contributed by atoms with Crippen LogP contribution in [0.3, 0.4) is 0 Å². The molecule has 0 bridgehead atoms. The first-order chi connectivity index (χ1) is 32.1. The number of carbonyl (C=O) groups is 3. The number of rotatable bonds is 20. The SMILES string of the molecule is CC(C)(C)OC(=O)NC(CCCCNC(=O)OCc1ccccc1)C(=O)O[C@H]1[C@@H](O)[C@H](n2cnc3c(N)ncnc32)O[C@@H]1COP(=O)(O)O[C@H]1C[C@H](n2ccc(N)nc2=O)O[C@H]1COP(=O)(O)O. The second-order valence-corrected chi connectivity index (χ2v) is 19.0. The minimum absolute atomic E-state index is 0.0158. The average molecular weight is 999 g/mol. The predicted molar refractivity (Wildman–Crippen MR) is 231 cm³/mol. The van der Waals surface area contributed by atoms with Crippen LogP contribution >= 0.6 is 15.6 Å². The molecule has 68 heavy (non-hydrogen) atoms. The summed E-state index contributed by atoms with van der Waals surface area (Å²) >= 11 is 0. The lowest BCUT2D eigenvalue weighted by Crippen LogP contribution is -2.47. The van der Waals surface area contributed by atoms with E-state index in [0.717, 1.165) is 16.5 Å². The topological polar surface area (TPSA) is 395 Å². The van der Waals surface area contributed by atoms with E-state index in [0.29, 0.717) is 6.42 Å².